The summed E-state index contributed by atoms with van der Waals surface area (Å²) >= 11 is 0. The highest BCUT2D eigenvalue weighted by atomic mass is 16.3. The molecule has 3 heteroatoms. The van der Waals surface area contributed by atoms with Crippen LogP contribution in [-0.4, -0.2) is 10.1 Å². The molecule has 0 aliphatic heterocycles. The van der Waals surface area contributed by atoms with E-state index < -0.39 is 0 Å². The van der Waals surface area contributed by atoms with Crippen molar-refractivity contribution in [3.8, 4) is 5.75 Å². The molecule has 0 saturated heterocycles. The highest BCUT2D eigenvalue weighted by Gasteiger charge is 2.31. The summed E-state index contributed by atoms with van der Waals surface area (Å²) < 4.78 is 0. The summed E-state index contributed by atoms with van der Waals surface area (Å²) in [5.41, 5.74) is 6.72. The maximum absolute atomic E-state index is 9.29. The summed E-state index contributed by atoms with van der Waals surface area (Å²) in [4.78, 5) is 2.83. The van der Waals surface area contributed by atoms with E-state index >= 15 is 0 Å². The average Bonchev–Trinajstić information content (AvgIpc) is 2.74. The van der Waals surface area contributed by atoms with Gasteiger partial charge in [-0.05, 0) is 18.8 Å². The topological polar surface area (TPSA) is 62.0 Å². The number of rotatable bonds is 2. The zero-order valence-electron chi connectivity index (χ0n) is 6.25. The van der Waals surface area contributed by atoms with Gasteiger partial charge in [-0.25, -0.2) is 0 Å². The molecule has 1 aromatic rings. The Morgan fingerprint density at radius 2 is 2.27 bits per heavy atom. The first kappa shape index (κ1) is 6.73. The minimum Gasteiger partial charge on any atom is -0.506 e. The predicted molar refractivity (Wildman–Crippen MR) is 42.1 cm³/mol. The highest BCUT2D eigenvalue weighted by molar-refractivity contribution is 5.32. The molecule has 0 unspecified atom stereocenters. The van der Waals surface area contributed by atoms with Gasteiger partial charge in [0.05, 0.1) is 0 Å². The molecule has 1 atom stereocenters. The summed E-state index contributed by atoms with van der Waals surface area (Å²) in [5.74, 6) is 0.890. The number of hydrogen-bond donors (Lipinski definition) is 3. The number of nitrogens with two attached hydrogens (primary N) is 1. The standard InChI is InChI=1S/C8H12N2O/c9-8(5-1-2-5)6-3-10-4-7(6)11/h3-5,8,10-11H,1-2,9H2/t8-/m1/s1. The summed E-state index contributed by atoms with van der Waals surface area (Å²) in [6.45, 7) is 0. The molecule has 60 valence electrons. The van der Waals surface area contributed by atoms with Gasteiger partial charge in [-0.15, -0.1) is 0 Å². The van der Waals surface area contributed by atoms with E-state index in [9.17, 15) is 5.11 Å². The van der Waals surface area contributed by atoms with Crippen molar-refractivity contribution in [2.24, 2.45) is 11.7 Å². The van der Waals surface area contributed by atoms with Crippen LogP contribution in [0.4, 0.5) is 0 Å². The second kappa shape index (κ2) is 2.27. The Morgan fingerprint density at radius 3 is 2.73 bits per heavy atom. The van der Waals surface area contributed by atoms with Crippen molar-refractivity contribution in [1.82, 2.24) is 4.98 Å². The van der Waals surface area contributed by atoms with E-state index in [1.54, 1.807) is 12.4 Å². The minimum absolute atomic E-state index is 0.0289. The second-order valence-electron chi connectivity index (χ2n) is 3.16. The van der Waals surface area contributed by atoms with E-state index in [-0.39, 0.29) is 6.04 Å². The fourth-order valence-electron chi connectivity index (χ4n) is 1.34. The fraction of sp³-hybridized carbons (Fsp3) is 0.500. The normalized spacial score (nSPS) is 20.1. The molecule has 1 aromatic heterocycles. The van der Waals surface area contributed by atoms with Gasteiger partial charge in [0.25, 0.3) is 0 Å². The maximum Gasteiger partial charge on any atom is 0.137 e. The van der Waals surface area contributed by atoms with Crippen LogP contribution in [0, 0.1) is 5.92 Å². The molecule has 4 N–H and O–H groups in total. The fourth-order valence-corrected chi connectivity index (χ4v) is 1.34. The SMILES string of the molecule is N[C@@H](c1c[nH]cc1O)C1CC1. The number of hydrogen-bond acceptors (Lipinski definition) is 2. The van der Waals surface area contributed by atoms with Crippen LogP contribution in [0.15, 0.2) is 12.4 Å². The largest absolute Gasteiger partial charge is 0.506 e. The van der Waals surface area contributed by atoms with Gasteiger partial charge < -0.3 is 15.8 Å². The van der Waals surface area contributed by atoms with Gasteiger partial charge in [0.2, 0.25) is 0 Å². The predicted octanol–water partition coefficient (Wildman–Crippen LogP) is 1.13. The first-order valence-corrected chi connectivity index (χ1v) is 3.90. The first-order chi connectivity index (χ1) is 5.29. The number of H-pyrrole nitrogens is 1. The first-order valence-electron chi connectivity index (χ1n) is 3.90. The van der Waals surface area contributed by atoms with Crippen LogP contribution in [0.1, 0.15) is 24.4 Å². The zero-order valence-corrected chi connectivity index (χ0v) is 6.25. The number of aromatic amines is 1. The van der Waals surface area contributed by atoms with Crippen molar-refractivity contribution >= 4 is 0 Å². The van der Waals surface area contributed by atoms with E-state index in [2.05, 4.69) is 4.98 Å². The van der Waals surface area contributed by atoms with Gasteiger partial charge in [-0.1, -0.05) is 0 Å². The quantitative estimate of drug-likeness (QED) is 0.594. The third-order valence-corrected chi connectivity index (χ3v) is 2.24. The summed E-state index contributed by atoms with van der Waals surface area (Å²) in [6, 6.07) is 0.0289. The molecule has 1 aliphatic rings. The van der Waals surface area contributed by atoms with E-state index in [4.69, 9.17) is 5.73 Å². The van der Waals surface area contributed by atoms with Crippen molar-refractivity contribution in [3.05, 3.63) is 18.0 Å². The Balaban J connectivity index is 2.20. The van der Waals surface area contributed by atoms with Crippen LogP contribution in [0.2, 0.25) is 0 Å². The third kappa shape index (κ3) is 1.12. The Kier molecular flexibility index (Phi) is 1.39. The van der Waals surface area contributed by atoms with Crippen LogP contribution in [0.3, 0.4) is 0 Å². The third-order valence-electron chi connectivity index (χ3n) is 2.24. The molecular weight excluding hydrogens is 140 g/mol. The van der Waals surface area contributed by atoms with E-state index in [0.29, 0.717) is 11.7 Å². The Bertz CT molecular complexity index is 252. The van der Waals surface area contributed by atoms with Crippen LogP contribution >= 0.6 is 0 Å². The van der Waals surface area contributed by atoms with Gasteiger partial charge in [0, 0.05) is 24.0 Å². The monoisotopic (exact) mass is 152 g/mol. The smallest absolute Gasteiger partial charge is 0.137 e. The van der Waals surface area contributed by atoms with Crippen molar-refractivity contribution in [3.63, 3.8) is 0 Å². The average molecular weight is 152 g/mol. The van der Waals surface area contributed by atoms with E-state index in [1.165, 1.54) is 12.8 Å². The van der Waals surface area contributed by atoms with Crippen molar-refractivity contribution in [2.45, 2.75) is 18.9 Å². The lowest BCUT2D eigenvalue weighted by Gasteiger charge is -2.07. The number of aromatic hydroxyl groups is 1. The number of aromatic nitrogens is 1. The van der Waals surface area contributed by atoms with Crippen LogP contribution in [-0.2, 0) is 0 Å². The molecule has 0 bridgehead atoms. The molecule has 0 spiro atoms. The molecule has 0 aromatic carbocycles. The van der Waals surface area contributed by atoms with Gasteiger partial charge in [-0.3, -0.25) is 0 Å². The van der Waals surface area contributed by atoms with E-state index in [1.807, 2.05) is 0 Å². The Morgan fingerprint density at radius 1 is 1.55 bits per heavy atom. The van der Waals surface area contributed by atoms with Gasteiger partial charge in [0.15, 0.2) is 0 Å². The van der Waals surface area contributed by atoms with Crippen molar-refractivity contribution in [1.29, 1.82) is 0 Å². The Hall–Kier alpha value is -0.960. The molecule has 11 heavy (non-hydrogen) atoms. The highest BCUT2D eigenvalue weighted by Crippen LogP contribution is 2.41. The second-order valence-corrected chi connectivity index (χ2v) is 3.16. The van der Waals surface area contributed by atoms with Crippen LogP contribution in [0.25, 0.3) is 0 Å². The lowest BCUT2D eigenvalue weighted by Crippen LogP contribution is -2.11. The molecule has 3 nitrogen and oxygen atoms in total. The molecular formula is C8H12N2O. The Labute approximate surface area is 65.2 Å². The van der Waals surface area contributed by atoms with E-state index in [0.717, 1.165) is 5.56 Å². The van der Waals surface area contributed by atoms with Crippen LogP contribution < -0.4 is 5.73 Å². The van der Waals surface area contributed by atoms with Crippen molar-refractivity contribution < 1.29 is 5.11 Å². The zero-order chi connectivity index (χ0) is 7.84. The summed E-state index contributed by atoms with van der Waals surface area (Å²) in [7, 11) is 0. The number of nitrogens with one attached hydrogen (secondary N) is 1. The maximum atomic E-state index is 9.29. The van der Waals surface area contributed by atoms with Gasteiger partial charge in [-0.2, -0.15) is 0 Å². The lowest BCUT2D eigenvalue weighted by atomic mass is 10.1. The molecule has 0 amide bonds. The van der Waals surface area contributed by atoms with Crippen molar-refractivity contribution in [2.75, 3.05) is 0 Å². The summed E-state index contributed by atoms with van der Waals surface area (Å²) in [6.07, 6.45) is 5.74. The molecule has 1 saturated carbocycles. The molecule has 1 aliphatic carbocycles. The molecule has 1 heterocycles. The molecule has 0 radical (unpaired) electrons. The lowest BCUT2D eigenvalue weighted by molar-refractivity contribution is 0.459. The molecule has 2 rings (SSSR count). The van der Waals surface area contributed by atoms with Gasteiger partial charge in [0.1, 0.15) is 5.75 Å². The van der Waals surface area contributed by atoms with Gasteiger partial charge >= 0.3 is 0 Å². The molecule has 1 fully saturated rings. The summed E-state index contributed by atoms with van der Waals surface area (Å²) in [5, 5.41) is 9.29. The van der Waals surface area contributed by atoms with Crippen LogP contribution in [0.5, 0.6) is 5.75 Å². The minimum atomic E-state index is 0.0289.